The van der Waals surface area contributed by atoms with Crippen LogP contribution in [-0.4, -0.2) is 39.9 Å². The molecule has 0 N–H and O–H groups in total. The lowest BCUT2D eigenvalue weighted by atomic mass is 10.1. The number of hydrogen-bond acceptors (Lipinski definition) is 12. The number of rotatable bonds is 0. The molecule has 0 aliphatic heterocycles. The molecule has 2 aliphatic rings. The van der Waals surface area contributed by atoms with Crippen molar-refractivity contribution in [3.8, 4) is 24.3 Å². The quantitative estimate of drug-likeness (QED) is 0.301. The average molecular weight is 484 g/mol. The number of aromatic nitrogens is 8. The van der Waals surface area contributed by atoms with Crippen molar-refractivity contribution in [1.29, 1.82) is 21.0 Å². The summed E-state index contributed by atoms with van der Waals surface area (Å²) >= 11 is 0. The molecule has 2 aromatic carbocycles. The van der Waals surface area contributed by atoms with Crippen LogP contribution in [0.1, 0.15) is 22.8 Å². The molecular weight excluding hydrogens is 480 g/mol. The van der Waals surface area contributed by atoms with Crippen molar-refractivity contribution in [2.75, 3.05) is 0 Å². The van der Waals surface area contributed by atoms with Crippen LogP contribution in [0.5, 0.6) is 0 Å². The van der Waals surface area contributed by atoms with Crippen LogP contribution < -0.4 is 0 Å². The van der Waals surface area contributed by atoms with Gasteiger partial charge in [0.2, 0.25) is 0 Å². The van der Waals surface area contributed by atoms with Gasteiger partial charge in [0.05, 0.1) is 21.4 Å². The zero-order valence-electron chi connectivity index (χ0n) is 18.7. The van der Waals surface area contributed by atoms with E-state index in [9.17, 15) is 21.0 Å². The Morgan fingerprint density at radius 2 is 0.605 bits per heavy atom. The Balaban J connectivity index is 1.60. The van der Waals surface area contributed by atoms with Crippen LogP contribution in [0.15, 0.2) is 24.3 Å². The van der Waals surface area contributed by atoms with Gasteiger partial charge >= 0.3 is 0 Å². The summed E-state index contributed by atoms with van der Waals surface area (Å²) in [7, 11) is 0. The maximum absolute atomic E-state index is 9.35. The lowest BCUT2D eigenvalue weighted by Gasteiger charge is -1.98. The summed E-state index contributed by atoms with van der Waals surface area (Å²) in [5.74, 6) is 0. The lowest BCUT2D eigenvalue weighted by Crippen LogP contribution is -2.00. The molecule has 0 unspecified atom stereocenters. The zero-order chi connectivity index (χ0) is 25.7. The van der Waals surface area contributed by atoms with Crippen molar-refractivity contribution < 1.29 is 0 Å². The van der Waals surface area contributed by atoms with E-state index in [2.05, 4.69) is 39.9 Å². The van der Waals surface area contributed by atoms with Gasteiger partial charge in [-0.15, -0.1) is 0 Å². The van der Waals surface area contributed by atoms with Crippen LogP contribution in [0.25, 0.3) is 33.4 Å². The zero-order valence-corrected chi connectivity index (χ0v) is 18.7. The van der Waals surface area contributed by atoms with Crippen LogP contribution in [-0.2, 0) is 0 Å². The molecule has 0 radical (unpaired) electrons. The first-order chi connectivity index (χ1) is 18.6. The Morgan fingerprint density at radius 1 is 0.368 bits per heavy atom. The summed E-state index contributed by atoms with van der Waals surface area (Å²) in [6.45, 7) is 0. The smallest absolute Gasteiger partial charge is 0.199 e. The summed E-state index contributed by atoms with van der Waals surface area (Å²) in [5.41, 5.74) is 0.287. The first-order valence-corrected chi connectivity index (χ1v) is 11.0. The van der Waals surface area contributed by atoms with Gasteiger partial charge in [0.1, 0.15) is 24.3 Å². The largest absolute Gasteiger partial charge is 0.223 e. The van der Waals surface area contributed by atoms with E-state index in [-0.39, 0.29) is 45.4 Å². The SMILES string of the molecule is N#Cc1nc2nc3c(nc2nc1C#N)=c1ccc2c4c(ccc=3c14)=c1nc3nc(C#N)c(C#N)nc3nc1=2. The van der Waals surface area contributed by atoms with Crippen molar-refractivity contribution in [3.05, 3.63) is 89.3 Å². The van der Waals surface area contributed by atoms with Gasteiger partial charge in [0.25, 0.3) is 0 Å². The Morgan fingerprint density at radius 3 is 0.816 bits per heavy atom. The van der Waals surface area contributed by atoms with Gasteiger partial charge in [-0.3, -0.25) is 0 Å². The van der Waals surface area contributed by atoms with E-state index < -0.39 is 0 Å². The molecule has 12 nitrogen and oxygen atoms in total. The molecule has 38 heavy (non-hydrogen) atoms. The average Bonchev–Trinajstić information content (AvgIpc) is 3.44. The predicted molar refractivity (Wildman–Crippen MR) is 124 cm³/mol. The van der Waals surface area contributed by atoms with E-state index in [1.54, 1.807) is 0 Å². The number of benzene rings is 2. The third-order valence-corrected chi connectivity index (χ3v) is 6.64. The second-order valence-electron chi connectivity index (χ2n) is 8.50. The summed E-state index contributed by atoms with van der Waals surface area (Å²) < 4.78 is 0. The Kier molecular flexibility index (Phi) is 3.42. The molecule has 0 fully saturated rings. The third-order valence-electron chi connectivity index (χ3n) is 6.64. The van der Waals surface area contributed by atoms with Gasteiger partial charge in [-0.05, 0) is 0 Å². The highest BCUT2D eigenvalue weighted by molar-refractivity contribution is 5.88. The van der Waals surface area contributed by atoms with Crippen LogP contribution in [0.3, 0.4) is 0 Å². The highest BCUT2D eigenvalue weighted by atomic mass is 15.0. The maximum Gasteiger partial charge on any atom is 0.199 e. The van der Waals surface area contributed by atoms with Crippen LogP contribution in [0.4, 0.5) is 0 Å². The molecule has 0 amide bonds. The number of nitrogens with zero attached hydrogens (tertiary/aromatic N) is 12. The van der Waals surface area contributed by atoms with Crippen LogP contribution >= 0.6 is 0 Å². The number of hydrogen-bond donors (Lipinski definition) is 0. The van der Waals surface area contributed by atoms with Crippen molar-refractivity contribution in [1.82, 2.24) is 39.9 Å². The van der Waals surface area contributed by atoms with Gasteiger partial charge in [0.15, 0.2) is 45.4 Å². The molecule has 0 saturated heterocycles. The predicted octanol–water partition coefficient (Wildman–Crippen LogP) is 1.57. The Hall–Kier alpha value is -6.50. The molecule has 4 heterocycles. The molecular formula is C26H4N12. The van der Waals surface area contributed by atoms with Crippen molar-refractivity contribution in [2.24, 2.45) is 0 Å². The van der Waals surface area contributed by atoms with Crippen LogP contribution in [0.2, 0.25) is 0 Å². The standard InChI is InChI=1S/C26H4N12/c27-5-13-14(6-28)32-24-23(31-13)35-19-9-1-2-10-18-12(4-3-11(17(9)18)21(19)37-24)22-20(10)36-25-26(38-22)34-16(8-30)15(7-29)33-25/h1-4H. The first-order valence-electron chi connectivity index (χ1n) is 11.0. The molecule has 12 heteroatoms. The summed E-state index contributed by atoms with van der Waals surface area (Å²) in [6, 6.07) is 15.2. The highest BCUT2D eigenvalue weighted by Gasteiger charge is 2.19. The molecule has 0 saturated carbocycles. The summed E-state index contributed by atoms with van der Waals surface area (Å²) in [4.78, 5) is 35.6. The fourth-order valence-corrected chi connectivity index (χ4v) is 5.12. The van der Waals surface area contributed by atoms with Crippen molar-refractivity contribution in [2.45, 2.75) is 0 Å². The Bertz CT molecular complexity index is 2400. The van der Waals surface area contributed by atoms with Gasteiger partial charge in [-0.1, -0.05) is 24.3 Å². The minimum atomic E-state index is -0.105. The fraction of sp³-hybridized carbons (Fsp3) is 0. The maximum atomic E-state index is 9.35. The molecule has 168 valence electrons. The van der Waals surface area contributed by atoms with E-state index in [1.807, 2.05) is 48.5 Å². The fourth-order valence-electron chi connectivity index (χ4n) is 5.12. The lowest BCUT2D eigenvalue weighted by molar-refractivity contribution is 1.07. The molecule has 0 spiro atoms. The molecule has 2 aliphatic carbocycles. The third kappa shape index (κ3) is 2.24. The van der Waals surface area contributed by atoms with Gasteiger partial charge < -0.3 is 0 Å². The number of fused-ring (bicyclic) bond motifs is 4. The second kappa shape index (κ2) is 6.58. The minimum Gasteiger partial charge on any atom is -0.223 e. The molecule has 0 bridgehead atoms. The number of nitriles is 4. The molecule has 6 aromatic rings. The first kappa shape index (κ1) is 19.8. The normalized spacial score (nSPS) is 11.6. The van der Waals surface area contributed by atoms with E-state index >= 15 is 0 Å². The van der Waals surface area contributed by atoms with Crippen molar-refractivity contribution >= 4 is 33.4 Å². The minimum absolute atomic E-state index is 0.105. The summed E-state index contributed by atoms with van der Waals surface area (Å²) in [6.07, 6.45) is 0. The van der Waals surface area contributed by atoms with Gasteiger partial charge in [-0.2, -0.15) is 21.0 Å². The van der Waals surface area contributed by atoms with Gasteiger partial charge in [-0.25, -0.2) is 39.9 Å². The highest BCUT2D eigenvalue weighted by Crippen LogP contribution is 2.28. The molecule has 4 aromatic heterocycles. The van der Waals surface area contributed by atoms with E-state index in [0.717, 1.165) is 31.6 Å². The Labute approximate surface area is 208 Å². The second-order valence-corrected chi connectivity index (χ2v) is 8.50. The van der Waals surface area contributed by atoms with Crippen molar-refractivity contribution in [3.63, 3.8) is 0 Å². The summed E-state index contributed by atoms with van der Waals surface area (Å²) in [5, 5.41) is 44.9. The van der Waals surface area contributed by atoms with Gasteiger partial charge in [0, 0.05) is 31.6 Å². The van der Waals surface area contributed by atoms with E-state index in [1.165, 1.54) is 0 Å². The molecule has 0 atom stereocenters. The van der Waals surface area contributed by atoms with Crippen LogP contribution in [0, 0.1) is 87.6 Å². The van der Waals surface area contributed by atoms with E-state index in [4.69, 9.17) is 0 Å². The monoisotopic (exact) mass is 484 g/mol. The van der Waals surface area contributed by atoms with E-state index in [0.29, 0.717) is 21.4 Å². The molecule has 8 rings (SSSR count). The topological polar surface area (TPSA) is 198 Å².